The van der Waals surface area contributed by atoms with E-state index in [1.165, 1.54) is 0 Å². The highest BCUT2D eigenvalue weighted by Crippen LogP contribution is 2.36. The maximum Gasteiger partial charge on any atom is 0.230 e. The molecule has 2 rings (SSSR count). The fourth-order valence-electron chi connectivity index (χ4n) is 2.02. The van der Waals surface area contributed by atoms with Gasteiger partial charge in [-0.25, -0.2) is 0 Å². The smallest absolute Gasteiger partial charge is 0.230 e. The summed E-state index contributed by atoms with van der Waals surface area (Å²) in [5, 5.41) is 2.72. The molecule has 2 saturated heterocycles. The van der Waals surface area contributed by atoms with Gasteiger partial charge in [-0.2, -0.15) is 0 Å². The third kappa shape index (κ3) is 0.838. The highest BCUT2D eigenvalue weighted by Gasteiger charge is 2.50. The van der Waals surface area contributed by atoms with Crippen molar-refractivity contribution in [2.45, 2.75) is 12.8 Å². The molecule has 2 amide bonds. The number of nitrogens with zero attached hydrogens (tertiary/aromatic N) is 1. The second-order valence-corrected chi connectivity index (χ2v) is 3.71. The van der Waals surface area contributed by atoms with Gasteiger partial charge in [0.2, 0.25) is 11.8 Å². The van der Waals surface area contributed by atoms with E-state index in [0.29, 0.717) is 13.0 Å². The third-order valence-corrected chi connectivity index (χ3v) is 2.85. The molecule has 0 aromatic carbocycles. The van der Waals surface area contributed by atoms with E-state index in [9.17, 15) is 9.59 Å². The van der Waals surface area contributed by atoms with Gasteiger partial charge in [-0.3, -0.25) is 9.59 Å². The van der Waals surface area contributed by atoms with Gasteiger partial charge in [-0.1, -0.05) is 0 Å². The zero-order valence-corrected chi connectivity index (χ0v) is 7.09. The Bertz CT molecular complexity index is 251. The van der Waals surface area contributed by atoms with Gasteiger partial charge >= 0.3 is 0 Å². The lowest BCUT2D eigenvalue weighted by atomic mass is 9.85. The summed E-state index contributed by atoms with van der Waals surface area (Å²) in [4.78, 5) is 24.3. The Kier molecular flexibility index (Phi) is 1.40. The van der Waals surface area contributed by atoms with Crippen molar-refractivity contribution in [2.75, 3.05) is 20.1 Å². The maximum atomic E-state index is 11.6. The lowest BCUT2D eigenvalue weighted by Gasteiger charge is -2.17. The van der Waals surface area contributed by atoms with E-state index in [0.717, 1.165) is 13.0 Å². The zero-order valence-electron chi connectivity index (χ0n) is 7.09. The summed E-state index contributed by atoms with van der Waals surface area (Å²) in [7, 11) is 1.79. The number of hydrogen-bond donors (Lipinski definition) is 1. The van der Waals surface area contributed by atoms with Gasteiger partial charge in [-0.15, -0.1) is 0 Å². The number of hydrogen-bond acceptors (Lipinski definition) is 2. The van der Waals surface area contributed by atoms with Crippen LogP contribution >= 0.6 is 0 Å². The van der Waals surface area contributed by atoms with Gasteiger partial charge < -0.3 is 10.2 Å². The molecule has 0 radical (unpaired) electrons. The average molecular weight is 168 g/mol. The molecular formula is C8H12N2O2. The molecule has 1 atom stereocenters. The number of likely N-dealkylation sites (tertiary alicyclic amines) is 1. The van der Waals surface area contributed by atoms with Crippen molar-refractivity contribution in [3.8, 4) is 0 Å². The van der Waals surface area contributed by atoms with E-state index in [-0.39, 0.29) is 17.2 Å². The third-order valence-electron chi connectivity index (χ3n) is 2.85. The summed E-state index contributed by atoms with van der Waals surface area (Å²) in [6, 6.07) is 0. The first-order chi connectivity index (χ1) is 5.64. The van der Waals surface area contributed by atoms with Crippen molar-refractivity contribution >= 4 is 11.8 Å². The van der Waals surface area contributed by atoms with Crippen LogP contribution in [0.5, 0.6) is 0 Å². The number of amides is 2. The van der Waals surface area contributed by atoms with Gasteiger partial charge in [0.05, 0.1) is 5.41 Å². The molecule has 0 aromatic heterocycles. The molecule has 0 aromatic rings. The van der Waals surface area contributed by atoms with Crippen molar-refractivity contribution in [1.82, 2.24) is 10.2 Å². The van der Waals surface area contributed by atoms with E-state index in [1.54, 1.807) is 11.9 Å². The minimum absolute atomic E-state index is 0.0126. The monoisotopic (exact) mass is 168 g/mol. The van der Waals surface area contributed by atoms with Crippen LogP contribution < -0.4 is 5.32 Å². The molecular weight excluding hydrogens is 156 g/mol. The van der Waals surface area contributed by atoms with Crippen LogP contribution in [-0.4, -0.2) is 36.9 Å². The summed E-state index contributed by atoms with van der Waals surface area (Å²) in [5.41, 5.74) is -0.383. The van der Waals surface area contributed by atoms with Crippen LogP contribution in [0.15, 0.2) is 0 Å². The number of nitrogens with one attached hydrogen (secondary N) is 1. The normalized spacial score (nSPS) is 34.9. The lowest BCUT2D eigenvalue weighted by molar-refractivity contribution is -0.135. The van der Waals surface area contributed by atoms with Crippen molar-refractivity contribution in [2.24, 2.45) is 5.41 Å². The van der Waals surface area contributed by atoms with E-state index in [2.05, 4.69) is 5.32 Å². The summed E-state index contributed by atoms with van der Waals surface area (Å²) in [5.74, 6) is 0.138. The number of carbonyl (C=O) groups excluding carboxylic acids is 2. The average Bonchev–Trinajstić information content (AvgIpc) is 2.53. The number of rotatable bonds is 0. The molecule has 0 aliphatic carbocycles. The molecule has 2 fully saturated rings. The second-order valence-electron chi connectivity index (χ2n) is 3.71. The molecule has 0 saturated carbocycles. The summed E-state index contributed by atoms with van der Waals surface area (Å²) < 4.78 is 0. The molecule has 0 bridgehead atoms. The fourth-order valence-corrected chi connectivity index (χ4v) is 2.02. The van der Waals surface area contributed by atoms with Crippen LogP contribution in [0.25, 0.3) is 0 Å². The van der Waals surface area contributed by atoms with Gasteiger partial charge in [0.1, 0.15) is 0 Å². The minimum atomic E-state index is -0.383. The van der Waals surface area contributed by atoms with Crippen molar-refractivity contribution in [3.63, 3.8) is 0 Å². The van der Waals surface area contributed by atoms with Crippen LogP contribution in [0.3, 0.4) is 0 Å². The Morgan fingerprint density at radius 2 is 2.25 bits per heavy atom. The molecule has 1 N–H and O–H groups in total. The van der Waals surface area contributed by atoms with Crippen LogP contribution in [0.4, 0.5) is 0 Å². The largest absolute Gasteiger partial charge is 0.355 e. The molecule has 0 unspecified atom stereocenters. The SMILES string of the molecule is CN1CC[C@@]2(CNC(=O)C2)C1=O. The van der Waals surface area contributed by atoms with E-state index < -0.39 is 0 Å². The molecule has 4 heteroatoms. The molecule has 2 heterocycles. The van der Waals surface area contributed by atoms with Gasteiger partial charge in [0, 0.05) is 26.6 Å². The molecule has 2 aliphatic heterocycles. The van der Waals surface area contributed by atoms with Crippen molar-refractivity contribution in [3.05, 3.63) is 0 Å². The Balaban J connectivity index is 2.23. The Labute approximate surface area is 70.9 Å². The molecule has 4 nitrogen and oxygen atoms in total. The van der Waals surface area contributed by atoms with Gasteiger partial charge in [0.25, 0.3) is 0 Å². The zero-order chi connectivity index (χ0) is 8.77. The Hall–Kier alpha value is -1.06. The van der Waals surface area contributed by atoms with Gasteiger partial charge in [-0.05, 0) is 6.42 Å². The lowest BCUT2D eigenvalue weighted by Crippen LogP contribution is -2.34. The van der Waals surface area contributed by atoms with Crippen molar-refractivity contribution in [1.29, 1.82) is 0 Å². The van der Waals surface area contributed by atoms with Crippen LogP contribution in [0.2, 0.25) is 0 Å². The first-order valence-electron chi connectivity index (χ1n) is 4.16. The van der Waals surface area contributed by atoms with E-state index in [1.807, 2.05) is 0 Å². The predicted octanol–water partition coefficient (Wildman–Crippen LogP) is -0.645. The van der Waals surface area contributed by atoms with Crippen LogP contribution in [0, 0.1) is 5.41 Å². The van der Waals surface area contributed by atoms with Crippen LogP contribution in [-0.2, 0) is 9.59 Å². The highest BCUT2D eigenvalue weighted by atomic mass is 16.2. The molecule has 2 aliphatic rings. The first kappa shape index (κ1) is 7.58. The quantitative estimate of drug-likeness (QED) is 0.523. The molecule has 66 valence electrons. The Morgan fingerprint density at radius 1 is 1.50 bits per heavy atom. The van der Waals surface area contributed by atoms with Crippen molar-refractivity contribution < 1.29 is 9.59 Å². The maximum absolute atomic E-state index is 11.6. The van der Waals surface area contributed by atoms with Crippen LogP contribution in [0.1, 0.15) is 12.8 Å². The number of carbonyl (C=O) groups is 2. The molecule has 12 heavy (non-hydrogen) atoms. The molecule has 1 spiro atoms. The topological polar surface area (TPSA) is 49.4 Å². The standard InChI is InChI=1S/C8H12N2O2/c1-10-3-2-8(7(10)12)4-6(11)9-5-8/h2-5H2,1H3,(H,9,11)/t8-/m1/s1. The van der Waals surface area contributed by atoms with E-state index >= 15 is 0 Å². The second kappa shape index (κ2) is 2.21. The summed E-state index contributed by atoms with van der Waals surface area (Å²) in [6.07, 6.45) is 1.21. The Morgan fingerprint density at radius 3 is 2.67 bits per heavy atom. The predicted molar refractivity (Wildman–Crippen MR) is 42.3 cm³/mol. The first-order valence-corrected chi connectivity index (χ1v) is 4.16. The summed E-state index contributed by atoms with van der Waals surface area (Å²) in [6.45, 7) is 1.32. The summed E-state index contributed by atoms with van der Waals surface area (Å²) >= 11 is 0. The van der Waals surface area contributed by atoms with E-state index in [4.69, 9.17) is 0 Å². The van der Waals surface area contributed by atoms with Gasteiger partial charge in [0.15, 0.2) is 0 Å². The fraction of sp³-hybridized carbons (Fsp3) is 0.750. The highest BCUT2D eigenvalue weighted by molar-refractivity contribution is 5.93. The minimum Gasteiger partial charge on any atom is -0.355 e.